The van der Waals surface area contributed by atoms with E-state index in [0.717, 1.165) is 37.5 Å². The van der Waals surface area contributed by atoms with E-state index in [2.05, 4.69) is 41.4 Å². The molecule has 0 saturated heterocycles. The summed E-state index contributed by atoms with van der Waals surface area (Å²) in [6.45, 7) is 5.99. The van der Waals surface area contributed by atoms with Gasteiger partial charge >= 0.3 is 0 Å². The van der Waals surface area contributed by atoms with Gasteiger partial charge in [-0.25, -0.2) is 4.98 Å². The third kappa shape index (κ3) is 4.04. The van der Waals surface area contributed by atoms with Crippen LogP contribution < -0.4 is 10.1 Å². The second-order valence-corrected chi connectivity index (χ2v) is 4.97. The maximum atomic E-state index is 5.44. The molecule has 1 heterocycles. The molecule has 2 aromatic rings. The number of rotatable bonds is 8. The van der Waals surface area contributed by atoms with Gasteiger partial charge < -0.3 is 10.1 Å². The van der Waals surface area contributed by atoms with Gasteiger partial charge in [0.2, 0.25) is 0 Å². The molecule has 0 aliphatic rings. The number of likely N-dealkylation sites (N-methyl/N-ethyl adjacent to an activating group) is 1. The Balaban J connectivity index is 2.12. The van der Waals surface area contributed by atoms with Crippen LogP contribution in [0.4, 0.5) is 0 Å². The van der Waals surface area contributed by atoms with Crippen LogP contribution in [-0.4, -0.2) is 34.5 Å². The fraction of sp³-hybridized carbons (Fsp3) is 0.500. The van der Waals surface area contributed by atoms with Crippen molar-refractivity contribution in [3.05, 3.63) is 42.0 Å². The monoisotopic (exact) mass is 288 g/mol. The van der Waals surface area contributed by atoms with Crippen molar-refractivity contribution in [1.29, 1.82) is 0 Å². The number of hydrogen-bond donors (Lipinski definition) is 1. The zero-order valence-electron chi connectivity index (χ0n) is 13.0. The molecule has 21 heavy (non-hydrogen) atoms. The summed E-state index contributed by atoms with van der Waals surface area (Å²) in [6.07, 6.45) is 3.40. The highest BCUT2D eigenvalue weighted by atomic mass is 16.5. The van der Waals surface area contributed by atoms with Crippen LogP contribution in [0, 0.1) is 0 Å². The number of para-hydroxylation sites is 1. The highest BCUT2D eigenvalue weighted by Crippen LogP contribution is 2.19. The van der Waals surface area contributed by atoms with Crippen LogP contribution in [0.2, 0.25) is 0 Å². The second-order valence-electron chi connectivity index (χ2n) is 4.97. The molecule has 1 N–H and O–H groups in total. The molecule has 0 amide bonds. The average molecular weight is 288 g/mol. The number of aromatic nitrogens is 3. The van der Waals surface area contributed by atoms with E-state index in [1.165, 1.54) is 5.56 Å². The normalized spacial score (nSPS) is 12.3. The molecule has 0 aliphatic heterocycles. The van der Waals surface area contributed by atoms with Gasteiger partial charge in [-0.3, -0.25) is 4.68 Å². The summed E-state index contributed by atoms with van der Waals surface area (Å²) in [5.41, 5.74) is 1.22. The van der Waals surface area contributed by atoms with E-state index in [-0.39, 0.29) is 0 Å². The standard InChI is InChI=1S/C16H24N4O/c1-4-17-14(11-16-18-12-19-20(16)5-2)10-13-8-6-7-9-15(13)21-3/h6-9,12,14,17H,4-5,10-11H2,1-3H3. The van der Waals surface area contributed by atoms with Gasteiger partial charge in [-0.15, -0.1) is 0 Å². The number of aryl methyl sites for hydroxylation is 1. The second kappa shape index (κ2) is 7.78. The van der Waals surface area contributed by atoms with Gasteiger partial charge in [0.05, 0.1) is 7.11 Å². The molecule has 5 nitrogen and oxygen atoms in total. The summed E-state index contributed by atoms with van der Waals surface area (Å²) < 4.78 is 7.39. The largest absolute Gasteiger partial charge is 0.496 e. The minimum Gasteiger partial charge on any atom is -0.496 e. The maximum Gasteiger partial charge on any atom is 0.138 e. The summed E-state index contributed by atoms with van der Waals surface area (Å²) in [5.74, 6) is 1.97. The fourth-order valence-corrected chi connectivity index (χ4v) is 2.57. The van der Waals surface area contributed by atoms with Gasteiger partial charge in [0.1, 0.15) is 17.9 Å². The predicted octanol–water partition coefficient (Wildman–Crippen LogP) is 2.07. The van der Waals surface area contributed by atoms with E-state index < -0.39 is 0 Å². The van der Waals surface area contributed by atoms with E-state index in [0.29, 0.717) is 6.04 Å². The lowest BCUT2D eigenvalue weighted by atomic mass is 10.0. The number of hydrogen-bond acceptors (Lipinski definition) is 4. The molecule has 1 aromatic heterocycles. The van der Waals surface area contributed by atoms with E-state index in [4.69, 9.17) is 4.74 Å². The number of ether oxygens (including phenoxy) is 1. The fourth-order valence-electron chi connectivity index (χ4n) is 2.57. The number of nitrogens with zero attached hydrogens (tertiary/aromatic N) is 3. The number of methoxy groups -OCH3 is 1. The zero-order chi connectivity index (χ0) is 15.1. The summed E-state index contributed by atoms with van der Waals surface area (Å²) in [7, 11) is 1.72. The molecule has 0 spiro atoms. The van der Waals surface area contributed by atoms with Crippen molar-refractivity contribution in [2.75, 3.05) is 13.7 Å². The predicted molar refractivity (Wildman–Crippen MR) is 83.6 cm³/mol. The first-order valence-electron chi connectivity index (χ1n) is 7.50. The topological polar surface area (TPSA) is 52.0 Å². The van der Waals surface area contributed by atoms with Gasteiger partial charge in [-0.2, -0.15) is 5.10 Å². The van der Waals surface area contributed by atoms with E-state index in [9.17, 15) is 0 Å². The van der Waals surface area contributed by atoms with Gasteiger partial charge in [0.15, 0.2) is 0 Å². The number of nitrogens with one attached hydrogen (secondary N) is 1. The number of benzene rings is 1. The Hall–Kier alpha value is -1.88. The molecule has 1 aromatic carbocycles. The van der Waals surface area contributed by atoms with Crippen molar-refractivity contribution in [1.82, 2.24) is 20.1 Å². The maximum absolute atomic E-state index is 5.44. The third-order valence-corrected chi connectivity index (χ3v) is 3.58. The van der Waals surface area contributed by atoms with Gasteiger partial charge in [0, 0.05) is 19.0 Å². The van der Waals surface area contributed by atoms with Crippen molar-refractivity contribution in [3.63, 3.8) is 0 Å². The lowest BCUT2D eigenvalue weighted by Crippen LogP contribution is -2.34. The lowest BCUT2D eigenvalue weighted by molar-refractivity contribution is 0.403. The van der Waals surface area contributed by atoms with Crippen LogP contribution in [0.3, 0.4) is 0 Å². The van der Waals surface area contributed by atoms with E-state index in [1.807, 2.05) is 16.8 Å². The van der Waals surface area contributed by atoms with Crippen LogP contribution in [0.25, 0.3) is 0 Å². The molecular formula is C16H24N4O. The van der Waals surface area contributed by atoms with Crippen molar-refractivity contribution < 1.29 is 4.74 Å². The summed E-state index contributed by atoms with van der Waals surface area (Å²) in [5, 5.41) is 7.78. The summed E-state index contributed by atoms with van der Waals surface area (Å²) >= 11 is 0. The highest BCUT2D eigenvalue weighted by Gasteiger charge is 2.15. The van der Waals surface area contributed by atoms with Gasteiger partial charge in [-0.1, -0.05) is 25.1 Å². The quantitative estimate of drug-likeness (QED) is 0.808. The minimum absolute atomic E-state index is 0.320. The van der Waals surface area contributed by atoms with Crippen molar-refractivity contribution in [2.24, 2.45) is 0 Å². The molecule has 5 heteroatoms. The molecule has 2 rings (SSSR count). The Morgan fingerprint density at radius 3 is 2.76 bits per heavy atom. The Morgan fingerprint density at radius 1 is 1.24 bits per heavy atom. The van der Waals surface area contributed by atoms with Crippen LogP contribution in [0.5, 0.6) is 5.75 Å². The third-order valence-electron chi connectivity index (χ3n) is 3.58. The highest BCUT2D eigenvalue weighted by molar-refractivity contribution is 5.34. The zero-order valence-corrected chi connectivity index (χ0v) is 13.0. The van der Waals surface area contributed by atoms with E-state index >= 15 is 0 Å². The first kappa shape index (κ1) is 15.5. The van der Waals surface area contributed by atoms with Crippen molar-refractivity contribution in [2.45, 2.75) is 39.3 Å². The first-order valence-corrected chi connectivity index (χ1v) is 7.50. The minimum atomic E-state index is 0.320. The molecule has 0 aliphatic carbocycles. The smallest absolute Gasteiger partial charge is 0.138 e. The molecule has 1 unspecified atom stereocenters. The Labute approximate surface area is 126 Å². The molecule has 0 fully saturated rings. The molecule has 114 valence electrons. The van der Waals surface area contributed by atoms with Crippen LogP contribution in [0.15, 0.2) is 30.6 Å². The SMILES string of the molecule is CCNC(Cc1ccccc1OC)Cc1ncnn1CC. The van der Waals surface area contributed by atoms with Crippen molar-refractivity contribution in [3.8, 4) is 5.75 Å². The van der Waals surface area contributed by atoms with Crippen LogP contribution >= 0.6 is 0 Å². The van der Waals surface area contributed by atoms with E-state index in [1.54, 1.807) is 13.4 Å². The lowest BCUT2D eigenvalue weighted by Gasteiger charge is -2.19. The Morgan fingerprint density at radius 2 is 2.05 bits per heavy atom. The molecule has 0 bridgehead atoms. The Kier molecular flexibility index (Phi) is 5.75. The van der Waals surface area contributed by atoms with Crippen molar-refractivity contribution >= 4 is 0 Å². The molecular weight excluding hydrogens is 264 g/mol. The molecule has 0 radical (unpaired) electrons. The van der Waals surface area contributed by atoms with Crippen LogP contribution in [-0.2, 0) is 19.4 Å². The van der Waals surface area contributed by atoms with Crippen LogP contribution in [0.1, 0.15) is 25.2 Å². The first-order chi connectivity index (χ1) is 10.3. The van der Waals surface area contributed by atoms with Gasteiger partial charge in [0.25, 0.3) is 0 Å². The Bertz CT molecular complexity index is 553. The van der Waals surface area contributed by atoms with Gasteiger partial charge in [-0.05, 0) is 31.5 Å². The molecule has 0 saturated carbocycles. The summed E-state index contributed by atoms with van der Waals surface area (Å²) in [6, 6.07) is 8.50. The average Bonchev–Trinajstić information content (AvgIpc) is 2.95. The summed E-state index contributed by atoms with van der Waals surface area (Å²) in [4.78, 5) is 4.37. The molecule has 1 atom stereocenters.